The Labute approximate surface area is 127 Å². The molecule has 4 nitrogen and oxygen atoms in total. The highest BCUT2D eigenvalue weighted by atomic mass is 35.5. The quantitative estimate of drug-likeness (QED) is 0.913. The molecule has 2 N–H and O–H groups in total. The number of rotatable bonds is 3. The standard InChI is InChI=1S/C14H15Cl2N3O/c1-20-8-5-11(17-6-8)14-18-7-12(19-14)9-3-2-4-10(15)13(9)16/h2-4,7-8,11,17H,5-6H2,1H3,(H,18,19). The maximum absolute atomic E-state index is 6.23. The van der Waals surface area contributed by atoms with Gasteiger partial charge in [-0.2, -0.15) is 0 Å². The number of ether oxygens (including phenoxy) is 1. The SMILES string of the molecule is COC1CNC(c2ncc(-c3cccc(Cl)c3Cl)[nH]2)C1. The first-order chi connectivity index (χ1) is 9.69. The molecule has 1 aliphatic heterocycles. The topological polar surface area (TPSA) is 49.9 Å². The van der Waals surface area contributed by atoms with E-state index >= 15 is 0 Å². The minimum absolute atomic E-state index is 0.187. The molecule has 1 aliphatic rings. The molecule has 0 amide bonds. The average Bonchev–Trinajstić information content (AvgIpc) is 3.09. The Morgan fingerprint density at radius 1 is 1.35 bits per heavy atom. The molecule has 20 heavy (non-hydrogen) atoms. The maximum Gasteiger partial charge on any atom is 0.123 e. The van der Waals surface area contributed by atoms with Gasteiger partial charge >= 0.3 is 0 Å². The molecule has 2 aromatic rings. The van der Waals surface area contributed by atoms with Gasteiger partial charge in [-0.05, 0) is 12.5 Å². The van der Waals surface area contributed by atoms with Gasteiger partial charge in [-0.25, -0.2) is 4.98 Å². The lowest BCUT2D eigenvalue weighted by Gasteiger charge is -2.07. The van der Waals surface area contributed by atoms with Crippen LogP contribution in [0.25, 0.3) is 11.3 Å². The van der Waals surface area contributed by atoms with E-state index in [1.165, 1.54) is 0 Å². The number of H-pyrrole nitrogens is 1. The Hall–Kier alpha value is -1.07. The zero-order valence-electron chi connectivity index (χ0n) is 11.0. The molecular formula is C14H15Cl2N3O. The second-order valence-electron chi connectivity index (χ2n) is 4.84. The van der Waals surface area contributed by atoms with Crippen molar-refractivity contribution in [2.75, 3.05) is 13.7 Å². The van der Waals surface area contributed by atoms with Gasteiger partial charge < -0.3 is 15.0 Å². The Bertz CT molecular complexity index is 614. The first kappa shape index (κ1) is 13.9. The number of benzene rings is 1. The maximum atomic E-state index is 6.23. The lowest BCUT2D eigenvalue weighted by atomic mass is 10.1. The Kier molecular flexibility index (Phi) is 3.98. The van der Waals surface area contributed by atoms with Crippen LogP contribution in [0.4, 0.5) is 0 Å². The highest BCUT2D eigenvalue weighted by molar-refractivity contribution is 6.43. The number of halogens is 2. The van der Waals surface area contributed by atoms with Crippen LogP contribution in [0, 0.1) is 0 Å². The number of hydrogen-bond acceptors (Lipinski definition) is 3. The van der Waals surface area contributed by atoms with Crippen molar-refractivity contribution in [1.29, 1.82) is 0 Å². The highest BCUT2D eigenvalue weighted by Gasteiger charge is 2.27. The van der Waals surface area contributed by atoms with E-state index in [-0.39, 0.29) is 12.1 Å². The lowest BCUT2D eigenvalue weighted by molar-refractivity contribution is 0.117. The van der Waals surface area contributed by atoms with Gasteiger partial charge in [0.2, 0.25) is 0 Å². The molecule has 6 heteroatoms. The van der Waals surface area contributed by atoms with Gasteiger partial charge in [-0.15, -0.1) is 0 Å². The van der Waals surface area contributed by atoms with Crippen LogP contribution in [0.2, 0.25) is 10.0 Å². The fourth-order valence-corrected chi connectivity index (χ4v) is 2.86. The largest absolute Gasteiger partial charge is 0.380 e. The fourth-order valence-electron chi connectivity index (χ4n) is 2.45. The van der Waals surface area contributed by atoms with Crippen LogP contribution in [-0.4, -0.2) is 29.7 Å². The molecule has 2 unspecified atom stereocenters. The van der Waals surface area contributed by atoms with Gasteiger partial charge in [0.15, 0.2) is 0 Å². The summed E-state index contributed by atoms with van der Waals surface area (Å²) in [5.74, 6) is 0.899. The molecule has 106 valence electrons. The fraction of sp³-hybridized carbons (Fsp3) is 0.357. The molecule has 0 bridgehead atoms. The molecule has 1 aromatic carbocycles. The summed E-state index contributed by atoms with van der Waals surface area (Å²) in [5, 5.41) is 4.47. The van der Waals surface area contributed by atoms with Crippen molar-refractivity contribution in [3.05, 3.63) is 40.3 Å². The molecule has 1 saturated heterocycles. The van der Waals surface area contributed by atoms with Gasteiger partial charge in [0, 0.05) is 19.2 Å². The summed E-state index contributed by atoms with van der Waals surface area (Å²) in [6.45, 7) is 0.842. The molecule has 0 aliphatic carbocycles. The van der Waals surface area contributed by atoms with E-state index < -0.39 is 0 Å². The Morgan fingerprint density at radius 2 is 2.20 bits per heavy atom. The van der Waals surface area contributed by atoms with Crippen LogP contribution in [0.3, 0.4) is 0 Å². The number of methoxy groups -OCH3 is 1. The second-order valence-corrected chi connectivity index (χ2v) is 5.62. The van der Waals surface area contributed by atoms with Crippen molar-refractivity contribution in [2.24, 2.45) is 0 Å². The molecule has 0 saturated carbocycles. The van der Waals surface area contributed by atoms with Gasteiger partial charge in [0.25, 0.3) is 0 Å². The van der Waals surface area contributed by atoms with E-state index in [4.69, 9.17) is 27.9 Å². The van der Waals surface area contributed by atoms with E-state index in [1.807, 2.05) is 12.1 Å². The van der Waals surface area contributed by atoms with E-state index in [2.05, 4.69) is 15.3 Å². The monoisotopic (exact) mass is 311 g/mol. The first-order valence-electron chi connectivity index (χ1n) is 6.44. The average molecular weight is 312 g/mol. The van der Waals surface area contributed by atoms with E-state index in [0.717, 1.165) is 30.0 Å². The number of nitrogens with zero attached hydrogens (tertiary/aromatic N) is 1. The lowest BCUT2D eigenvalue weighted by Crippen LogP contribution is -2.16. The van der Waals surface area contributed by atoms with Gasteiger partial charge in [0.1, 0.15) is 5.82 Å². The molecule has 2 heterocycles. The Balaban J connectivity index is 1.85. The van der Waals surface area contributed by atoms with Crippen molar-refractivity contribution >= 4 is 23.2 Å². The molecule has 3 rings (SSSR count). The van der Waals surface area contributed by atoms with Gasteiger partial charge in [-0.1, -0.05) is 35.3 Å². The van der Waals surface area contributed by atoms with Crippen LogP contribution in [0.15, 0.2) is 24.4 Å². The van der Waals surface area contributed by atoms with Gasteiger partial charge in [-0.3, -0.25) is 0 Å². The summed E-state index contributed by atoms with van der Waals surface area (Å²) in [5.41, 5.74) is 1.73. The van der Waals surface area contributed by atoms with Crippen LogP contribution in [0.5, 0.6) is 0 Å². The molecule has 2 atom stereocenters. The molecule has 1 aromatic heterocycles. The summed E-state index contributed by atoms with van der Waals surface area (Å²) < 4.78 is 5.35. The normalized spacial score (nSPS) is 22.4. The van der Waals surface area contributed by atoms with E-state index in [9.17, 15) is 0 Å². The molecular weight excluding hydrogens is 297 g/mol. The van der Waals surface area contributed by atoms with Crippen LogP contribution in [-0.2, 0) is 4.74 Å². The summed E-state index contributed by atoms with van der Waals surface area (Å²) in [7, 11) is 1.73. The predicted molar refractivity (Wildman–Crippen MR) is 80.2 cm³/mol. The summed E-state index contributed by atoms with van der Waals surface area (Å²) in [6.07, 6.45) is 2.94. The number of imidazole rings is 1. The van der Waals surface area contributed by atoms with Crippen molar-refractivity contribution < 1.29 is 4.74 Å². The third kappa shape index (κ3) is 2.56. The number of aromatic amines is 1. The minimum Gasteiger partial charge on any atom is -0.380 e. The van der Waals surface area contributed by atoms with Crippen molar-refractivity contribution in [1.82, 2.24) is 15.3 Å². The van der Waals surface area contributed by atoms with Crippen molar-refractivity contribution in [3.63, 3.8) is 0 Å². The third-order valence-corrected chi connectivity index (χ3v) is 4.41. The van der Waals surface area contributed by atoms with Crippen molar-refractivity contribution in [2.45, 2.75) is 18.6 Å². The number of hydrogen-bond donors (Lipinski definition) is 2. The smallest absolute Gasteiger partial charge is 0.123 e. The van der Waals surface area contributed by atoms with Crippen molar-refractivity contribution in [3.8, 4) is 11.3 Å². The van der Waals surface area contributed by atoms with Crippen LogP contribution >= 0.6 is 23.2 Å². The number of aromatic nitrogens is 2. The zero-order valence-corrected chi connectivity index (χ0v) is 12.5. The highest BCUT2D eigenvalue weighted by Crippen LogP contribution is 2.33. The zero-order chi connectivity index (χ0) is 14.1. The predicted octanol–water partition coefficient (Wildman–Crippen LogP) is 3.43. The Morgan fingerprint density at radius 3 is 2.95 bits per heavy atom. The first-order valence-corrected chi connectivity index (χ1v) is 7.20. The molecule has 0 radical (unpaired) electrons. The molecule has 0 spiro atoms. The summed E-state index contributed by atoms with van der Waals surface area (Å²) >= 11 is 12.3. The van der Waals surface area contributed by atoms with Gasteiger partial charge in [0.05, 0.1) is 34.1 Å². The molecule has 1 fully saturated rings. The summed E-state index contributed by atoms with van der Waals surface area (Å²) in [4.78, 5) is 7.75. The number of nitrogens with one attached hydrogen (secondary N) is 2. The van der Waals surface area contributed by atoms with Crippen LogP contribution in [0.1, 0.15) is 18.3 Å². The van der Waals surface area contributed by atoms with E-state index in [1.54, 1.807) is 19.4 Å². The second kappa shape index (κ2) is 5.74. The van der Waals surface area contributed by atoms with Crippen LogP contribution < -0.4 is 5.32 Å². The minimum atomic E-state index is 0.187. The van der Waals surface area contributed by atoms with E-state index in [0.29, 0.717) is 10.0 Å². The summed E-state index contributed by atoms with van der Waals surface area (Å²) in [6, 6.07) is 5.75. The third-order valence-electron chi connectivity index (χ3n) is 3.59.